The van der Waals surface area contributed by atoms with E-state index in [-0.39, 0.29) is 5.72 Å². The van der Waals surface area contributed by atoms with Gasteiger partial charge in [0.05, 0.1) is 5.52 Å². The highest BCUT2D eigenvalue weighted by Gasteiger charge is 2.53. The minimum Gasteiger partial charge on any atom is -0.257 e. The van der Waals surface area contributed by atoms with E-state index in [9.17, 15) is 0 Å². The van der Waals surface area contributed by atoms with Crippen molar-refractivity contribution < 1.29 is 4.84 Å². The van der Waals surface area contributed by atoms with Crippen LogP contribution in [0, 0.1) is 11.8 Å². The summed E-state index contributed by atoms with van der Waals surface area (Å²) in [7, 11) is 0. The molecular weight excluding hydrogens is 266 g/mol. The summed E-state index contributed by atoms with van der Waals surface area (Å²) in [5.74, 6) is 2.22. The summed E-state index contributed by atoms with van der Waals surface area (Å²) in [6, 6.07) is 8.09. The number of nitrogens with one attached hydrogen (secondary N) is 2. The molecule has 4 aliphatic rings. The average molecular weight is 285 g/mol. The molecule has 1 saturated heterocycles. The lowest BCUT2D eigenvalue weighted by Crippen LogP contribution is -2.57. The Labute approximate surface area is 123 Å². The highest BCUT2D eigenvalue weighted by molar-refractivity contribution is 5.55. The maximum absolute atomic E-state index is 5.99. The van der Waals surface area contributed by atoms with Gasteiger partial charge in [-0.25, -0.2) is 4.52 Å². The standard InChI is InChI=1S/C15H19N5O/c1-2-8-19-13(3-1)9-14(16-19)20-17-15(21-18-20)10-11-4-6-12(15)7-5-11/h1-3,8-9,11-12,17-18H,4-7,10H2/t11?,12?,15-/m0/s1. The second kappa shape index (κ2) is 4.19. The van der Waals surface area contributed by atoms with Crippen LogP contribution >= 0.6 is 0 Å². The van der Waals surface area contributed by atoms with Gasteiger partial charge in [0.1, 0.15) is 0 Å². The Bertz CT molecular complexity index is 645. The van der Waals surface area contributed by atoms with E-state index in [1.54, 1.807) is 0 Å². The number of rotatable bonds is 1. The molecule has 21 heavy (non-hydrogen) atoms. The second-order valence-electron chi connectivity index (χ2n) is 6.52. The Morgan fingerprint density at radius 2 is 2.14 bits per heavy atom. The molecule has 0 aromatic carbocycles. The van der Waals surface area contributed by atoms with Crippen LogP contribution < -0.4 is 16.1 Å². The predicted octanol–water partition coefficient (Wildman–Crippen LogP) is 2.00. The third kappa shape index (κ3) is 1.73. The molecule has 3 heterocycles. The molecule has 3 aliphatic carbocycles. The second-order valence-corrected chi connectivity index (χ2v) is 6.52. The van der Waals surface area contributed by atoms with Crippen LogP contribution in [0.5, 0.6) is 0 Å². The SMILES string of the molecule is c1ccn2nc(N3NO[C@]4(CC5CCC4CC5)N3)cc2c1. The van der Waals surface area contributed by atoms with Crippen molar-refractivity contribution in [3.8, 4) is 0 Å². The first kappa shape index (κ1) is 12.0. The molecule has 4 fully saturated rings. The molecule has 2 aromatic rings. The molecule has 110 valence electrons. The summed E-state index contributed by atoms with van der Waals surface area (Å²) < 4.78 is 1.87. The Hall–Kier alpha value is -1.63. The van der Waals surface area contributed by atoms with Crippen LogP contribution in [0.1, 0.15) is 32.1 Å². The lowest BCUT2D eigenvalue weighted by atomic mass is 9.66. The molecule has 0 radical (unpaired) electrons. The molecule has 1 aliphatic heterocycles. The zero-order valence-corrected chi connectivity index (χ0v) is 11.8. The molecule has 0 amide bonds. The number of hydrazine groups is 2. The van der Waals surface area contributed by atoms with Gasteiger partial charge in [-0.3, -0.25) is 4.84 Å². The van der Waals surface area contributed by atoms with Crippen molar-refractivity contribution in [3.05, 3.63) is 30.5 Å². The fourth-order valence-electron chi connectivity index (χ4n) is 4.19. The summed E-state index contributed by atoms with van der Waals surface area (Å²) in [4.78, 5) is 5.99. The summed E-state index contributed by atoms with van der Waals surface area (Å²) in [5, 5.41) is 6.40. The molecule has 1 atom stereocenters. The number of pyridine rings is 1. The number of nitrogens with zero attached hydrogens (tertiary/aromatic N) is 3. The molecule has 3 saturated carbocycles. The fourth-order valence-corrected chi connectivity index (χ4v) is 4.19. The molecule has 2 bridgehead atoms. The van der Waals surface area contributed by atoms with Gasteiger partial charge in [0.15, 0.2) is 11.5 Å². The Balaban J connectivity index is 1.44. The summed E-state index contributed by atoms with van der Waals surface area (Å²) in [6.07, 6.45) is 8.27. The van der Waals surface area contributed by atoms with Crippen molar-refractivity contribution in [2.45, 2.75) is 37.8 Å². The molecule has 2 aromatic heterocycles. The maximum Gasteiger partial charge on any atom is 0.183 e. The van der Waals surface area contributed by atoms with Crippen molar-refractivity contribution in [2.75, 3.05) is 5.12 Å². The van der Waals surface area contributed by atoms with Crippen molar-refractivity contribution in [1.29, 1.82) is 0 Å². The van der Waals surface area contributed by atoms with Crippen LogP contribution in [-0.2, 0) is 4.84 Å². The number of fused-ring (bicyclic) bond motifs is 3. The smallest absolute Gasteiger partial charge is 0.183 e. The van der Waals surface area contributed by atoms with Gasteiger partial charge in [-0.05, 0) is 50.2 Å². The molecule has 6 rings (SSSR count). The highest BCUT2D eigenvalue weighted by atomic mass is 16.7. The van der Waals surface area contributed by atoms with Crippen molar-refractivity contribution in [2.24, 2.45) is 11.8 Å². The predicted molar refractivity (Wildman–Crippen MR) is 77.8 cm³/mol. The lowest BCUT2D eigenvalue weighted by molar-refractivity contribution is -0.153. The van der Waals surface area contributed by atoms with E-state index >= 15 is 0 Å². The van der Waals surface area contributed by atoms with Crippen molar-refractivity contribution >= 4 is 11.3 Å². The first-order valence-corrected chi connectivity index (χ1v) is 7.78. The Morgan fingerprint density at radius 3 is 2.90 bits per heavy atom. The maximum atomic E-state index is 5.99. The van der Waals surface area contributed by atoms with Gasteiger partial charge < -0.3 is 0 Å². The van der Waals surface area contributed by atoms with Gasteiger partial charge in [0.25, 0.3) is 0 Å². The first-order valence-electron chi connectivity index (χ1n) is 7.78. The highest BCUT2D eigenvalue weighted by Crippen LogP contribution is 2.48. The van der Waals surface area contributed by atoms with Crippen molar-refractivity contribution in [3.63, 3.8) is 0 Å². The van der Waals surface area contributed by atoms with Gasteiger partial charge in [-0.1, -0.05) is 11.7 Å². The summed E-state index contributed by atoms with van der Waals surface area (Å²) in [5.41, 5.74) is 7.40. The van der Waals surface area contributed by atoms with Crippen LogP contribution in [0.25, 0.3) is 5.52 Å². The van der Waals surface area contributed by atoms with Gasteiger partial charge >= 0.3 is 0 Å². The summed E-state index contributed by atoms with van der Waals surface area (Å²) >= 11 is 0. The fraction of sp³-hybridized carbons (Fsp3) is 0.533. The van der Waals surface area contributed by atoms with Crippen molar-refractivity contribution in [1.82, 2.24) is 20.6 Å². The number of hydrogen-bond donors (Lipinski definition) is 2. The monoisotopic (exact) mass is 285 g/mol. The molecule has 0 unspecified atom stereocenters. The summed E-state index contributed by atoms with van der Waals surface area (Å²) in [6.45, 7) is 0. The van der Waals surface area contributed by atoms with Gasteiger partial charge in [0.2, 0.25) is 0 Å². The number of anilines is 1. The topological polar surface area (TPSA) is 53.8 Å². The lowest BCUT2D eigenvalue weighted by Gasteiger charge is -2.47. The van der Waals surface area contributed by atoms with Gasteiger partial charge in [-0.15, -0.1) is 5.10 Å². The van der Waals surface area contributed by atoms with Crippen LogP contribution in [-0.4, -0.2) is 15.3 Å². The van der Waals surface area contributed by atoms with E-state index in [1.165, 1.54) is 25.7 Å². The van der Waals surface area contributed by atoms with E-state index in [0.717, 1.165) is 23.7 Å². The molecule has 1 spiro atoms. The molecule has 6 heteroatoms. The van der Waals surface area contributed by atoms with Gasteiger partial charge in [-0.2, -0.15) is 10.5 Å². The van der Waals surface area contributed by atoms with E-state index in [0.29, 0.717) is 5.92 Å². The zero-order valence-electron chi connectivity index (χ0n) is 11.8. The van der Waals surface area contributed by atoms with E-state index < -0.39 is 0 Å². The van der Waals surface area contributed by atoms with E-state index in [1.807, 2.05) is 40.1 Å². The third-order valence-corrected chi connectivity index (χ3v) is 5.30. The number of aromatic nitrogens is 2. The Morgan fingerprint density at radius 1 is 1.24 bits per heavy atom. The third-order valence-electron chi connectivity index (χ3n) is 5.30. The molecular formula is C15H19N5O. The largest absolute Gasteiger partial charge is 0.257 e. The molecule has 6 nitrogen and oxygen atoms in total. The molecule has 2 N–H and O–H groups in total. The average Bonchev–Trinajstić information content (AvgIpc) is 3.13. The van der Waals surface area contributed by atoms with E-state index in [2.05, 4.69) is 16.1 Å². The van der Waals surface area contributed by atoms with Crippen LogP contribution in [0.2, 0.25) is 0 Å². The van der Waals surface area contributed by atoms with Crippen LogP contribution in [0.4, 0.5) is 5.82 Å². The minimum atomic E-state index is -0.239. The van der Waals surface area contributed by atoms with Crippen LogP contribution in [0.15, 0.2) is 30.5 Å². The first-order chi connectivity index (χ1) is 10.3. The van der Waals surface area contributed by atoms with Gasteiger partial charge in [0, 0.05) is 18.2 Å². The quantitative estimate of drug-likeness (QED) is 0.839. The zero-order chi connectivity index (χ0) is 13.9. The van der Waals surface area contributed by atoms with Crippen LogP contribution in [0.3, 0.4) is 0 Å². The van der Waals surface area contributed by atoms with E-state index in [4.69, 9.17) is 4.84 Å². The normalized spacial score (nSPS) is 35.1. The Kier molecular flexibility index (Phi) is 2.39. The number of hydrogen-bond acceptors (Lipinski definition) is 5. The minimum absolute atomic E-state index is 0.239.